The van der Waals surface area contributed by atoms with Crippen LogP contribution in [0.15, 0.2) is 10.4 Å². The monoisotopic (exact) mass is 280 g/mol. The molecule has 0 aromatic rings. The number of hydrogen-bond acceptors (Lipinski definition) is 0. The maximum atomic E-state index is 6.04. The van der Waals surface area contributed by atoms with Gasteiger partial charge in [0.25, 0.3) is 13.4 Å². The summed E-state index contributed by atoms with van der Waals surface area (Å²) in [6.07, 6.45) is 0. The standard InChI is InChI=1S/C6H12Cl4Si2/c1-5(11(3,7)8)6(2)12(4,9)10/h1-4H3/b6-5+. The van der Waals surface area contributed by atoms with Crippen LogP contribution in [0.25, 0.3) is 0 Å². The molecule has 0 aliphatic heterocycles. The number of allylic oxidation sites excluding steroid dienone is 2. The molecule has 6 heteroatoms. The largest absolute Gasteiger partial charge is 0.273 e. The van der Waals surface area contributed by atoms with E-state index < -0.39 is 13.4 Å². The Bertz CT molecular complexity index is 177. The highest BCUT2D eigenvalue weighted by Gasteiger charge is 2.32. The van der Waals surface area contributed by atoms with E-state index in [1.165, 1.54) is 0 Å². The van der Waals surface area contributed by atoms with Gasteiger partial charge in [0.05, 0.1) is 0 Å². The molecule has 0 aliphatic carbocycles. The summed E-state index contributed by atoms with van der Waals surface area (Å²) in [5, 5.41) is 1.98. The zero-order valence-electron chi connectivity index (χ0n) is 7.51. The van der Waals surface area contributed by atoms with E-state index in [2.05, 4.69) is 0 Å². The summed E-state index contributed by atoms with van der Waals surface area (Å²) in [6, 6.07) is 0. The zero-order valence-corrected chi connectivity index (χ0v) is 12.5. The van der Waals surface area contributed by atoms with Crippen LogP contribution in [0.4, 0.5) is 0 Å². The van der Waals surface area contributed by atoms with Crippen molar-refractivity contribution < 1.29 is 0 Å². The molecule has 0 aromatic heterocycles. The molecule has 0 amide bonds. The van der Waals surface area contributed by atoms with Crippen molar-refractivity contribution in [2.24, 2.45) is 0 Å². The Kier molecular flexibility index (Phi) is 4.71. The summed E-state index contributed by atoms with van der Waals surface area (Å²) in [6.45, 7) is 3.04. The fourth-order valence-corrected chi connectivity index (χ4v) is 6.13. The van der Waals surface area contributed by atoms with Gasteiger partial charge in [-0.25, -0.2) is 0 Å². The van der Waals surface area contributed by atoms with Gasteiger partial charge >= 0.3 is 0 Å². The predicted molar refractivity (Wildman–Crippen MR) is 65.0 cm³/mol. The van der Waals surface area contributed by atoms with Crippen molar-refractivity contribution >= 4 is 57.7 Å². The third-order valence-electron chi connectivity index (χ3n) is 1.88. The minimum atomic E-state index is -2.24. The molecule has 0 fully saturated rings. The fraction of sp³-hybridized carbons (Fsp3) is 0.667. The molecule has 0 N–H and O–H groups in total. The highest BCUT2D eigenvalue weighted by Crippen LogP contribution is 2.33. The highest BCUT2D eigenvalue weighted by atomic mass is 35.7. The molecule has 0 heterocycles. The maximum absolute atomic E-state index is 6.04. The smallest absolute Gasteiger partial charge is 0.140 e. The molecular weight excluding hydrogens is 270 g/mol. The van der Waals surface area contributed by atoms with Crippen LogP contribution in [0.1, 0.15) is 13.8 Å². The van der Waals surface area contributed by atoms with E-state index in [-0.39, 0.29) is 0 Å². The van der Waals surface area contributed by atoms with Gasteiger partial charge in [-0.05, 0) is 26.9 Å². The minimum Gasteiger partial charge on any atom is -0.140 e. The molecule has 0 bridgehead atoms. The molecule has 0 rings (SSSR count). The molecule has 0 aliphatic rings. The van der Waals surface area contributed by atoms with Gasteiger partial charge in [0.1, 0.15) is 0 Å². The van der Waals surface area contributed by atoms with Crippen molar-refractivity contribution in [1.29, 1.82) is 0 Å². The van der Waals surface area contributed by atoms with Gasteiger partial charge < -0.3 is 0 Å². The van der Waals surface area contributed by atoms with Gasteiger partial charge in [0, 0.05) is 0 Å². The van der Waals surface area contributed by atoms with E-state index in [0.29, 0.717) is 0 Å². The lowest BCUT2D eigenvalue weighted by Crippen LogP contribution is -2.25. The Hall–Kier alpha value is 1.33. The number of rotatable bonds is 2. The van der Waals surface area contributed by atoms with Gasteiger partial charge in [-0.2, -0.15) is 0 Å². The van der Waals surface area contributed by atoms with E-state index in [0.717, 1.165) is 10.4 Å². The molecule has 0 spiro atoms. The molecule has 0 saturated heterocycles. The predicted octanol–water partition coefficient (Wildman–Crippen LogP) is 4.50. The van der Waals surface area contributed by atoms with Crippen molar-refractivity contribution in [2.75, 3.05) is 0 Å². The maximum Gasteiger partial charge on any atom is 0.273 e. The fourth-order valence-electron chi connectivity index (χ4n) is 0.658. The van der Waals surface area contributed by atoms with Crippen LogP contribution in [0, 0.1) is 0 Å². The summed E-state index contributed by atoms with van der Waals surface area (Å²) >= 11 is 24.1. The van der Waals surface area contributed by atoms with Crippen LogP contribution < -0.4 is 0 Å². The second-order valence-corrected chi connectivity index (χ2v) is 18.3. The molecule has 0 saturated carbocycles. The minimum absolute atomic E-state index is 0.991. The Labute approximate surface area is 94.7 Å². The quantitative estimate of drug-likeness (QED) is 0.516. The lowest BCUT2D eigenvalue weighted by Gasteiger charge is -2.20. The van der Waals surface area contributed by atoms with Gasteiger partial charge in [0.15, 0.2) is 0 Å². The highest BCUT2D eigenvalue weighted by molar-refractivity contribution is 7.51. The van der Waals surface area contributed by atoms with E-state index in [4.69, 9.17) is 44.3 Å². The van der Waals surface area contributed by atoms with Gasteiger partial charge in [-0.3, -0.25) is 0 Å². The van der Waals surface area contributed by atoms with Crippen molar-refractivity contribution in [3.8, 4) is 0 Å². The Morgan fingerprint density at radius 2 is 0.917 bits per heavy atom. The van der Waals surface area contributed by atoms with Gasteiger partial charge in [-0.1, -0.05) is 10.4 Å². The van der Waals surface area contributed by atoms with Crippen molar-refractivity contribution in [3.05, 3.63) is 10.4 Å². The first kappa shape index (κ1) is 13.3. The summed E-state index contributed by atoms with van der Waals surface area (Å²) in [7, 11) is 0. The van der Waals surface area contributed by atoms with Crippen molar-refractivity contribution in [1.82, 2.24) is 0 Å². The van der Waals surface area contributed by atoms with E-state index in [1.807, 2.05) is 26.9 Å². The second-order valence-electron chi connectivity index (χ2n) is 3.03. The van der Waals surface area contributed by atoms with Gasteiger partial charge in [-0.15, -0.1) is 44.3 Å². The molecular formula is C6H12Cl4Si2. The Morgan fingerprint density at radius 1 is 0.750 bits per heavy atom. The average Bonchev–Trinajstić information content (AvgIpc) is 1.80. The van der Waals surface area contributed by atoms with Crippen molar-refractivity contribution in [3.63, 3.8) is 0 Å². The van der Waals surface area contributed by atoms with Crippen LogP contribution >= 0.6 is 44.3 Å². The summed E-state index contributed by atoms with van der Waals surface area (Å²) < 4.78 is 0. The zero-order chi connectivity index (χ0) is 10.2. The topological polar surface area (TPSA) is 0 Å². The molecule has 0 radical (unpaired) electrons. The second kappa shape index (κ2) is 4.24. The van der Waals surface area contributed by atoms with Crippen LogP contribution in [0.5, 0.6) is 0 Å². The van der Waals surface area contributed by atoms with Crippen molar-refractivity contribution in [2.45, 2.75) is 26.9 Å². The normalized spacial score (nSPS) is 16.0. The molecule has 0 atom stereocenters. The lowest BCUT2D eigenvalue weighted by molar-refractivity contribution is 1.49. The van der Waals surface area contributed by atoms with Crippen LogP contribution in [0.3, 0.4) is 0 Å². The van der Waals surface area contributed by atoms with E-state index in [1.54, 1.807) is 0 Å². The summed E-state index contributed by atoms with van der Waals surface area (Å²) in [4.78, 5) is 0. The summed E-state index contributed by atoms with van der Waals surface area (Å²) in [5.41, 5.74) is 0. The Balaban J connectivity index is 4.96. The average molecular weight is 282 g/mol. The van der Waals surface area contributed by atoms with Crippen LogP contribution in [-0.4, -0.2) is 13.4 Å². The van der Waals surface area contributed by atoms with Crippen LogP contribution in [0.2, 0.25) is 13.1 Å². The molecule has 0 nitrogen and oxygen atoms in total. The number of hydrogen-bond donors (Lipinski definition) is 0. The summed E-state index contributed by atoms with van der Waals surface area (Å²) in [5.74, 6) is 0. The van der Waals surface area contributed by atoms with Crippen LogP contribution in [-0.2, 0) is 0 Å². The molecule has 72 valence electrons. The third kappa shape index (κ3) is 4.03. The molecule has 12 heavy (non-hydrogen) atoms. The first-order valence-corrected chi connectivity index (χ1v) is 12.6. The lowest BCUT2D eigenvalue weighted by atomic mass is 10.6. The third-order valence-corrected chi connectivity index (χ3v) is 8.92. The van der Waals surface area contributed by atoms with E-state index in [9.17, 15) is 0 Å². The number of halogens is 4. The van der Waals surface area contributed by atoms with Gasteiger partial charge in [0.2, 0.25) is 0 Å². The SMILES string of the molecule is C/C(=C(/C)[Si](C)(Cl)Cl)[Si](C)(Cl)Cl. The first-order chi connectivity index (χ1) is 5.07. The first-order valence-electron chi connectivity index (χ1n) is 3.51. The van der Waals surface area contributed by atoms with E-state index >= 15 is 0 Å². The molecule has 0 aromatic carbocycles. The Morgan fingerprint density at radius 3 is 1.00 bits per heavy atom. The molecule has 0 unspecified atom stereocenters.